The van der Waals surface area contributed by atoms with Gasteiger partial charge in [0.1, 0.15) is 5.75 Å². The van der Waals surface area contributed by atoms with Crippen LogP contribution in [0.4, 0.5) is 0 Å². The molecule has 1 N–H and O–H groups in total. The molecule has 0 aliphatic carbocycles. The Morgan fingerprint density at radius 3 is 2.26 bits per heavy atom. The van der Waals surface area contributed by atoms with Crippen LogP contribution in [0.15, 0.2) is 72.8 Å². The van der Waals surface area contributed by atoms with Crippen LogP contribution in [-0.2, 0) is 11.1 Å². The molecule has 1 aromatic heterocycles. The standard InChI is InChI=1S/C22H19NO3S/c24-27(25)15-5-14-26-17-12-10-16(11-13-17)22-20-8-2-1-6-18(20)19-7-3-4-9-21(19)23-22/h1-4,6-13H,5,14-15H2,(H,24,25). The van der Waals surface area contributed by atoms with E-state index in [9.17, 15) is 4.21 Å². The lowest BCUT2D eigenvalue weighted by Crippen LogP contribution is -2.03. The van der Waals surface area contributed by atoms with Crippen molar-refractivity contribution >= 4 is 32.8 Å². The predicted octanol–water partition coefficient (Wildman–Crippen LogP) is 5.05. The summed E-state index contributed by atoms with van der Waals surface area (Å²) >= 11 is -1.77. The molecule has 4 nitrogen and oxygen atoms in total. The van der Waals surface area contributed by atoms with Gasteiger partial charge in [-0.2, -0.15) is 0 Å². The molecule has 0 aliphatic heterocycles. The molecule has 4 rings (SSSR count). The zero-order chi connectivity index (χ0) is 18.6. The molecule has 0 fully saturated rings. The van der Waals surface area contributed by atoms with Gasteiger partial charge in [0.25, 0.3) is 0 Å². The summed E-state index contributed by atoms with van der Waals surface area (Å²) in [6, 6.07) is 24.3. The Morgan fingerprint density at radius 2 is 1.52 bits per heavy atom. The molecule has 0 aliphatic rings. The van der Waals surface area contributed by atoms with E-state index >= 15 is 0 Å². The molecule has 0 bridgehead atoms. The van der Waals surface area contributed by atoms with E-state index in [-0.39, 0.29) is 5.75 Å². The Bertz CT molecular complexity index is 1110. The maximum absolute atomic E-state index is 10.7. The number of pyridine rings is 1. The number of benzene rings is 3. The minimum atomic E-state index is -1.77. The number of ether oxygens (including phenoxy) is 1. The van der Waals surface area contributed by atoms with Gasteiger partial charge in [0, 0.05) is 16.3 Å². The second kappa shape index (κ2) is 7.86. The molecule has 27 heavy (non-hydrogen) atoms. The van der Waals surface area contributed by atoms with E-state index in [2.05, 4.69) is 24.3 Å². The molecular weight excluding hydrogens is 358 g/mol. The van der Waals surface area contributed by atoms with Crippen molar-refractivity contribution in [3.8, 4) is 17.0 Å². The minimum Gasteiger partial charge on any atom is -0.494 e. The van der Waals surface area contributed by atoms with Gasteiger partial charge in [0.15, 0.2) is 11.1 Å². The number of hydrogen-bond donors (Lipinski definition) is 1. The molecule has 0 saturated carbocycles. The lowest BCUT2D eigenvalue weighted by atomic mass is 10.00. The van der Waals surface area contributed by atoms with Gasteiger partial charge in [-0.15, -0.1) is 0 Å². The van der Waals surface area contributed by atoms with Crippen LogP contribution in [0.3, 0.4) is 0 Å². The third-order valence-electron chi connectivity index (χ3n) is 4.47. The van der Waals surface area contributed by atoms with E-state index < -0.39 is 11.1 Å². The van der Waals surface area contributed by atoms with Crippen LogP contribution in [0.1, 0.15) is 6.42 Å². The van der Waals surface area contributed by atoms with E-state index in [1.807, 2.05) is 48.5 Å². The van der Waals surface area contributed by atoms with Crippen LogP contribution >= 0.6 is 0 Å². The van der Waals surface area contributed by atoms with Gasteiger partial charge in [0.2, 0.25) is 0 Å². The summed E-state index contributed by atoms with van der Waals surface area (Å²) in [6.07, 6.45) is 0.543. The van der Waals surface area contributed by atoms with Gasteiger partial charge in [-0.25, -0.2) is 9.19 Å². The van der Waals surface area contributed by atoms with Crippen LogP contribution in [0.2, 0.25) is 0 Å². The highest BCUT2D eigenvalue weighted by Crippen LogP contribution is 2.32. The van der Waals surface area contributed by atoms with Gasteiger partial charge in [-0.05, 0) is 42.1 Å². The molecule has 0 spiro atoms. The zero-order valence-corrected chi connectivity index (χ0v) is 15.5. The molecule has 5 heteroatoms. The summed E-state index contributed by atoms with van der Waals surface area (Å²) in [4.78, 5) is 4.90. The second-order valence-electron chi connectivity index (χ2n) is 6.28. The Hall–Kier alpha value is -2.76. The van der Waals surface area contributed by atoms with E-state index in [1.54, 1.807) is 0 Å². The highest BCUT2D eigenvalue weighted by Gasteiger charge is 2.10. The molecule has 0 amide bonds. The SMILES string of the molecule is O=S(O)CCCOc1ccc(-c2nc3ccccc3c3ccccc23)cc1. The summed E-state index contributed by atoms with van der Waals surface area (Å²) in [6.45, 7) is 0.419. The molecular formula is C22H19NO3S. The maximum Gasteiger partial charge on any atom is 0.152 e. The van der Waals surface area contributed by atoms with Crippen LogP contribution in [0, 0.1) is 0 Å². The third-order valence-corrected chi connectivity index (χ3v) is 5.11. The fourth-order valence-electron chi connectivity index (χ4n) is 3.21. The van der Waals surface area contributed by atoms with Crippen molar-refractivity contribution < 1.29 is 13.5 Å². The van der Waals surface area contributed by atoms with Crippen molar-refractivity contribution in [2.75, 3.05) is 12.4 Å². The van der Waals surface area contributed by atoms with E-state index in [0.29, 0.717) is 13.0 Å². The molecule has 1 atom stereocenters. The van der Waals surface area contributed by atoms with Crippen molar-refractivity contribution in [2.24, 2.45) is 0 Å². The Labute approximate surface area is 160 Å². The number of nitrogens with zero attached hydrogens (tertiary/aromatic N) is 1. The van der Waals surface area contributed by atoms with Gasteiger partial charge >= 0.3 is 0 Å². The molecule has 0 radical (unpaired) electrons. The summed E-state index contributed by atoms with van der Waals surface area (Å²) in [7, 11) is 0. The van der Waals surface area contributed by atoms with E-state index in [4.69, 9.17) is 14.3 Å². The smallest absolute Gasteiger partial charge is 0.152 e. The topological polar surface area (TPSA) is 59.4 Å². The normalized spacial score (nSPS) is 12.3. The van der Waals surface area contributed by atoms with Crippen LogP contribution in [0.25, 0.3) is 32.9 Å². The van der Waals surface area contributed by atoms with Crippen molar-refractivity contribution in [3.05, 3.63) is 72.8 Å². The van der Waals surface area contributed by atoms with E-state index in [1.165, 1.54) is 5.39 Å². The first-order valence-corrected chi connectivity index (χ1v) is 10.1. The highest BCUT2D eigenvalue weighted by atomic mass is 32.2. The minimum absolute atomic E-state index is 0.227. The number of hydrogen-bond acceptors (Lipinski definition) is 3. The Kier molecular flexibility index (Phi) is 5.14. The molecule has 1 unspecified atom stereocenters. The van der Waals surface area contributed by atoms with Crippen molar-refractivity contribution in [1.82, 2.24) is 4.98 Å². The third kappa shape index (κ3) is 3.84. The van der Waals surface area contributed by atoms with E-state index in [0.717, 1.165) is 33.3 Å². The first-order chi connectivity index (χ1) is 13.2. The molecule has 136 valence electrons. The van der Waals surface area contributed by atoms with Gasteiger partial charge in [0.05, 0.1) is 23.6 Å². The predicted molar refractivity (Wildman–Crippen MR) is 110 cm³/mol. The molecule has 4 aromatic rings. The van der Waals surface area contributed by atoms with Crippen molar-refractivity contribution in [2.45, 2.75) is 6.42 Å². The first-order valence-electron chi connectivity index (χ1n) is 8.80. The number of fused-ring (bicyclic) bond motifs is 3. The lowest BCUT2D eigenvalue weighted by Gasteiger charge is -2.11. The molecule has 3 aromatic carbocycles. The Morgan fingerprint density at radius 1 is 0.852 bits per heavy atom. The van der Waals surface area contributed by atoms with Crippen molar-refractivity contribution in [1.29, 1.82) is 0 Å². The second-order valence-corrected chi connectivity index (χ2v) is 7.33. The largest absolute Gasteiger partial charge is 0.494 e. The molecule has 0 saturated heterocycles. The number of aromatic nitrogens is 1. The fraction of sp³-hybridized carbons (Fsp3) is 0.136. The van der Waals surface area contributed by atoms with Gasteiger partial charge < -0.3 is 9.29 Å². The number of rotatable bonds is 6. The van der Waals surface area contributed by atoms with Gasteiger partial charge in [-0.3, -0.25) is 0 Å². The van der Waals surface area contributed by atoms with Crippen LogP contribution in [0.5, 0.6) is 5.75 Å². The van der Waals surface area contributed by atoms with Crippen molar-refractivity contribution in [3.63, 3.8) is 0 Å². The monoisotopic (exact) mass is 377 g/mol. The average Bonchev–Trinajstić information content (AvgIpc) is 2.71. The summed E-state index contributed by atoms with van der Waals surface area (Å²) < 4.78 is 25.1. The quantitative estimate of drug-likeness (QED) is 0.290. The molecule has 1 heterocycles. The summed E-state index contributed by atoms with van der Waals surface area (Å²) in [5.41, 5.74) is 2.95. The zero-order valence-electron chi connectivity index (χ0n) is 14.7. The highest BCUT2D eigenvalue weighted by molar-refractivity contribution is 7.79. The Balaban J connectivity index is 1.66. The number of para-hydroxylation sites is 1. The summed E-state index contributed by atoms with van der Waals surface area (Å²) in [5.74, 6) is 0.970. The maximum atomic E-state index is 10.7. The first kappa shape index (κ1) is 17.6. The fourth-order valence-corrected chi connectivity index (χ4v) is 3.57. The van der Waals surface area contributed by atoms with Gasteiger partial charge in [-0.1, -0.05) is 42.5 Å². The van der Waals surface area contributed by atoms with Crippen LogP contribution < -0.4 is 4.74 Å². The lowest BCUT2D eigenvalue weighted by molar-refractivity contribution is 0.317. The summed E-state index contributed by atoms with van der Waals surface area (Å²) in [5, 5.41) is 3.46. The van der Waals surface area contributed by atoms with Crippen LogP contribution in [-0.4, -0.2) is 26.1 Å². The average molecular weight is 377 g/mol.